The summed E-state index contributed by atoms with van der Waals surface area (Å²) in [7, 11) is 0. The molecule has 0 aliphatic heterocycles. The van der Waals surface area contributed by atoms with Crippen LogP contribution in [0.4, 0.5) is 17.6 Å². The van der Waals surface area contributed by atoms with E-state index in [1.165, 1.54) is 0 Å². The Balaban J connectivity index is 3.14. The van der Waals surface area contributed by atoms with E-state index in [4.69, 9.17) is 16.7 Å². The average Bonchev–Trinajstić information content (AvgIpc) is 2.19. The molecule has 1 aromatic rings. The third-order valence-electron chi connectivity index (χ3n) is 1.68. The molecule has 1 rings (SSSR count). The standard InChI is InChI=1S/C8H6ClF4NO2/c9-1-4-5(3-15)14-2-6(7(4)10)16-8(11,12)13/h2,15H,1,3H2. The van der Waals surface area contributed by atoms with Gasteiger partial charge >= 0.3 is 6.36 Å². The molecule has 8 heteroatoms. The minimum Gasteiger partial charge on any atom is -0.401 e. The van der Waals surface area contributed by atoms with Crippen LogP contribution in [0.15, 0.2) is 6.20 Å². The molecular weight excluding hydrogens is 254 g/mol. The third-order valence-corrected chi connectivity index (χ3v) is 1.94. The second-order valence-corrected chi connectivity index (χ2v) is 2.97. The van der Waals surface area contributed by atoms with Gasteiger partial charge in [0.2, 0.25) is 0 Å². The first-order valence-corrected chi connectivity index (χ1v) is 4.51. The summed E-state index contributed by atoms with van der Waals surface area (Å²) in [6, 6.07) is 0. The lowest BCUT2D eigenvalue weighted by Crippen LogP contribution is -2.19. The molecule has 1 aromatic heterocycles. The number of alkyl halides is 4. The quantitative estimate of drug-likeness (QED) is 0.669. The van der Waals surface area contributed by atoms with Gasteiger partial charge in [0.15, 0.2) is 11.6 Å². The molecule has 0 saturated heterocycles. The molecule has 16 heavy (non-hydrogen) atoms. The summed E-state index contributed by atoms with van der Waals surface area (Å²) in [5.41, 5.74) is -0.437. The zero-order valence-corrected chi connectivity index (χ0v) is 8.44. The van der Waals surface area contributed by atoms with Crippen LogP contribution in [0.2, 0.25) is 0 Å². The molecular formula is C8H6ClF4NO2. The summed E-state index contributed by atoms with van der Waals surface area (Å²) in [5, 5.41) is 8.75. The van der Waals surface area contributed by atoms with Gasteiger partial charge in [0, 0.05) is 5.56 Å². The van der Waals surface area contributed by atoms with Crippen molar-refractivity contribution in [1.82, 2.24) is 4.98 Å². The van der Waals surface area contributed by atoms with Crippen LogP contribution >= 0.6 is 11.6 Å². The van der Waals surface area contributed by atoms with E-state index in [2.05, 4.69) is 9.72 Å². The second-order valence-electron chi connectivity index (χ2n) is 2.70. The lowest BCUT2D eigenvalue weighted by molar-refractivity contribution is -0.275. The van der Waals surface area contributed by atoms with Gasteiger partial charge in [-0.25, -0.2) is 4.39 Å². The van der Waals surface area contributed by atoms with Crippen molar-refractivity contribution in [2.75, 3.05) is 0 Å². The molecule has 0 saturated carbocycles. The van der Waals surface area contributed by atoms with Crippen molar-refractivity contribution < 1.29 is 27.4 Å². The maximum Gasteiger partial charge on any atom is 0.573 e. The smallest absolute Gasteiger partial charge is 0.401 e. The van der Waals surface area contributed by atoms with Gasteiger partial charge in [0.1, 0.15) is 0 Å². The van der Waals surface area contributed by atoms with Gasteiger partial charge in [-0.05, 0) is 0 Å². The minimum atomic E-state index is -5.01. The summed E-state index contributed by atoms with van der Waals surface area (Å²) in [6.45, 7) is -0.620. The molecule has 0 aliphatic carbocycles. The highest BCUT2D eigenvalue weighted by Crippen LogP contribution is 2.28. The fourth-order valence-electron chi connectivity index (χ4n) is 1.01. The molecule has 0 atom stereocenters. The highest BCUT2D eigenvalue weighted by molar-refractivity contribution is 6.17. The van der Waals surface area contributed by atoms with E-state index >= 15 is 0 Å². The Kier molecular flexibility index (Phi) is 3.93. The number of ether oxygens (including phenoxy) is 1. The van der Waals surface area contributed by atoms with E-state index in [1.54, 1.807) is 0 Å². The van der Waals surface area contributed by atoms with Crippen LogP contribution in [0.3, 0.4) is 0 Å². The first-order valence-electron chi connectivity index (χ1n) is 3.98. The molecule has 90 valence electrons. The van der Waals surface area contributed by atoms with E-state index < -0.39 is 30.4 Å². The predicted octanol–water partition coefficient (Wildman–Crippen LogP) is 2.35. The number of rotatable bonds is 3. The van der Waals surface area contributed by atoms with E-state index in [1.807, 2.05) is 0 Å². The molecule has 0 unspecified atom stereocenters. The fourth-order valence-corrected chi connectivity index (χ4v) is 1.29. The van der Waals surface area contributed by atoms with Crippen molar-refractivity contribution >= 4 is 11.6 Å². The van der Waals surface area contributed by atoms with E-state index in [9.17, 15) is 17.6 Å². The normalized spacial score (nSPS) is 11.6. The molecule has 0 bridgehead atoms. The van der Waals surface area contributed by atoms with Crippen LogP contribution in [0, 0.1) is 5.82 Å². The highest BCUT2D eigenvalue weighted by atomic mass is 35.5. The number of hydrogen-bond donors (Lipinski definition) is 1. The number of nitrogens with zero attached hydrogens (tertiary/aromatic N) is 1. The van der Waals surface area contributed by atoms with Gasteiger partial charge in [-0.1, -0.05) is 0 Å². The number of aliphatic hydroxyl groups excluding tert-OH is 1. The number of pyridine rings is 1. The van der Waals surface area contributed by atoms with Crippen LogP contribution in [0.5, 0.6) is 5.75 Å². The topological polar surface area (TPSA) is 42.4 Å². The van der Waals surface area contributed by atoms with Crippen LogP contribution in [-0.4, -0.2) is 16.5 Å². The van der Waals surface area contributed by atoms with Crippen molar-refractivity contribution in [3.63, 3.8) is 0 Å². The zero-order chi connectivity index (χ0) is 12.3. The Hall–Kier alpha value is -1.08. The minimum absolute atomic E-state index is 0.123. The Morgan fingerprint density at radius 2 is 2.06 bits per heavy atom. The fraction of sp³-hybridized carbons (Fsp3) is 0.375. The predicted molar refractivity (Wildman–Crippen MR) is 46.4 cm³/mol. The Bertz CT molecular complexity index is 383. The number of halogens is 5. The van der Waals surface area contributed by atoms with E-state index in [-0.39, 0.29) is 11.3 Å². The van der Waals surface area contributed by atoms with E-state index in [0.29, 0.717) is 6.20 Å². The van der Waals surface area contributed by atoms with Crippen molar-refractivity contribution in [2.24, 2.45) is 0 Å². The van der Waals surface area contributed by atoms with Gasteiger partial charge < -0.3 is 9.84 Å². The Morgan fingerprint density at radius 1 is 1.44 bits per heavy atom. The van der Waals surface area contributed by atoms with Gasteiger partial charge in [0.25, 0.3) is 0 Å². The summed E-state index contributed by atoms with van der Waals surface area (Å²) < 4.78 is 52.3. The zero-order valence-electron chi connectivity index (χ0n) is 7.68. The first-order chi connectivity index (χ1) is 7.39. The van der Waals surface area contributed by atoms with Gasteiger partial charge in [0.05, 0.1) is 24.4 Å². The molecule has 0 fully saturated rings. The first kappa shape index (κ1) is 13.0. The van der Waals surface area contributed by atoms with Crippen molar-refractivity contribution in [1.29, 1.82) is 0 Å². The Morgan fingerprint density at radius 3 is 2.50 bits per heavy atom. The second kappa shape index (κ2) is 4.84. The van der Waals surface area contributed by atoms with Crippen LogP contribution in [0.25, 0.3) is 0 Å². The number of aromatic nitrogens is 1. The maximum absolute atomic E-state index is 13.4. The van der Waals surface area contributed by atoms with Crippen molar-refractivity contribution in [3.05, 3.63) is 23.3 Å². The number of hydrogen-bond acceptors (Lipinski definition) is 3. The van der Waals surface area contributed by atoms with E-state index in [0.717, 1.165) is 0 Å². The van der Waals surface area contributed by atoms with Gasteiger partial charge in [-0.2, -0.15) is 0 Å². The van der Waals surface area contributed by atoms with Gasteiger partial charge in [-0.3, -0.25) is 4.98 Å². The maximum atomic E-state index is 13.4. The third kappa shape index (κ3) is 2.96. The summed E-state index contributed by atoms with van der Waals surface area (Å²) in [5.74, 6) is -2.75. The molecule has 1 N–H and O–H groups in total. The highest BCUT2D eigenvalue weighted by Gasteiger charge is 2.33. The van der Waals surface area contributed by atoms with Crippen LogP contribution < -0.4 is 4.74 Å². The summed E-state index contributed by atoms with van der Waals surface area (Å²) in [4.78, 5) is 3.41. The van der Waals surface area contributed by atoms with Crippen molar-refractivity contribution in [3.8, 4) is 5.75 Å². The summed E-state index contributed by atoms with van der Waals surface area (Å²) >= 11 is 5.33. The molecule has 0 amide bonds. The lowest BCUT2D eigenvalue weighted by Gasteiger charge is -2.12. The molecule has 0 aromatic carbocycles. The Labute approximate surface area is 92.6 Å². The largest absolute Gasteiger partial charge is 0.573 e. The monoisotopic (exact) mass is 259 g/mol. The molecule has 0 spiro atoms. The van der Waals surface area contributed by atoms with Crippen LogP contribution in [-0.2, 0) is 12.5 Å². The molecule has 1 heterocycles. The van der Waals surface area contributed by atoms with Crippen LogP contribution in [0.1, 0.15) is 11.3 Å². The average molecular weight is 260 g/mol. The summed E-state index contributed by atoms with van der Waals surface area (Å²) in [6.07, 6.45) is -4.46. The SMILES string of the molecule is OCc1ncc(OC(F)(F)F)c(F)c1CCl. The number of aliphatic hydroxyl groups is 1. The van der Waals surface area contributed by atoms with Gasteiger partial charge in [-0.15, -0.1) is 24.8 Å². The molecule has 0 aliphatic rings. The molecule has 0 radical (unpaired) electrons. The lowest BCUT2D eigenvalue weighted by atomic mass is 10.2. The molecule has 3 nitrogen and oxygen atoms in total. The van der Waals surface area contributed by atoms with Crippen molar-refractivity contribution in [2.45, 2.75) is 18.8 Å².